The van der Waals surface area contributed by atoms with Gasteiger partial charge in [-0.2, -0.15) is 0 Å². The van der Waals surface area contributed by atoms with Gasteiger partial charge in [-0.1, -0.05) is 217 Å². The number of hydrogen-bond acceptors (Lipinski definition) is 6. The minimum Gasteiger partial charge on any atom is -0.462 e. The molecule has 61 heavy (non-hydrogen) atoms. The van der Waals surface area contributed by atoms with Gasteiger partial charge >= 0.3 is 17.9 Å². The average Bonchev–Trinajstić information content (AvgIpc) is 3.26. The van der Waals surface area contributed by atoms with Gasteiger partial charge in [0.2, 0.25) is 0 Å². The highest BCUT2D eigenvalue weighted by molar-refractivity contribution is 5.71. The second-order valence-electron chi connectivity index (χ2n) is 17.4. The predicted octanol–water partition coefficient (Wildman–Crippen LogP) is 17.1. The highest BCUT2D eigenvalue weighted by Gasteiger charge is 2.19. The molecule has 1 atom stereocenters. The molecular weight excluding hydrogens is 757 g/mol. The van der Waals surface area contributed by atoms with Crippen LogP contribution in [0.3, 0.4) is 0 Å². The summed E-state index contributed by atoms with van der Waals surface area (Å²) in [6.45, 7) is 6.50. The van der Waals surface area contributed by atoms with Crippen LogP contribution in [0.25, 0.3) is 0 Å². The molecule has 0 fully saturated rings. The zero-order valence-electron chi connectivity index (χ0n) is 40.4. The van der Waals surface area contributed by atoms with Gasteiger partial charge in [0.05, 0.1) is 0 Å². The van der Waals surface area contributed by atoms with Gasteiger partial charge in [-0.05, 0) is 77.0 Å². The molecule has 0 aromatic rings. The molecule has 0 amide bonds. The molecule has 0 heterocycles. The van der Waals surface area contributed by atoms with Crippen LogP contribution in [0.2, 0.25) is 0 Å². The largest absolute Gasteiger partial charge is 0.462 e. The van der Waals surface area contributed by atoms with Gasteiger partial charge < -0.3 is 14.2 Å². The predicted molar refractivity (Wildman–Crippen MR) is 261 cm³/mol. The van der Waals surface area contributed by atoms with Crippen molar-refractivity contribution in [2.75, 3.05) is 13.2 Å². The third-order valence-electron chi connectivity index (χ3n) is 11.3. The molecule has 0 spiro atoms. The minimum absolute atomic E-state index is 0.0873. The zero-order chi connectivity index (χ0) is 44.4. The summed E-state index contributed by atoms with van der Waals surface area (Å²) in [6.07, 6.45) is 59.6. The van der Waals surface area contributed by atoms with Crippen LogP contribution < -0.4 is 0 Å². The number of carbonyl (C=O) groups is 3. The van der Waals surface area contributed by atoms with Gasteiger partial charge in [0.1, 0.15) is 13.2 Å². The topological polar surface area (TPSA) is 78.9 Å². The Labute approximate surface area is 378 Å². The van der Waals surface area contributed by atoms with E-state index >= 15 is 0 Å². The summed E-state index contributed by atoms with van der Waals surface area (Å²) >= 11 is 0. The smallest absolute Gasteiger partial charge is 0.306 e. The molecule has 6 nitrogen and oxygen atoms in total. The van der Waals surface area contributed by atoms with Crippen molar-refractivity contribution >= 4 is 17.9 Å². The molecule has 0 aliphatic rings. The van der Waals surface area contributed by atoms with Crippen LogP contribution in [0.1, 0.15) is 265 Å². The number of carbonyl (C=O) groups excluding carboxylic acids is 3. The Bertz CT molecular complexity index is 1070. The molecule has 0 N–H and O–H groups in total. The van der Waals surface area contributed by atoms with Crippen molar-refractivity contribution in [3.8, 4) is 0 Å². The van der Waals surface area contributed by atoms with Crippen molar-refractivity contribution < 1.29 is 28.6 Å². The fourth-order valence-corrected chi connectivity index (χ4v) is 7.39. The first-order valence-corrected chi connectivity index (χ1v) is 26.1. The highest BCUT2D eigenvalue weighted by Crippen LogP contribution is 2.15. The van der Waals surface area contributed by atoms with Crippen molar-refractivity contribution in [2.24, 2.45) is 0 Å². The van der Waals surface area contributed by atoms with Crippen LogP contribution in [0, 0.1) is 0 Å². The van der Waals surface area contributed by atoms with E-state index in [2.05, 4.69) is 69.4 Å². The number of allylic oxidation sites excluding steroid dienone is 8. The van der Waals surface area contributed by atoms with Crippen LogP contribution >= 0.6 is 0 Å². The summed E-state index contributed by atoms with van der Waals surface area (Å²) in [7, 11) is 0. The summed E-state index contributed by atoms with van der Waals surface area (Å²) in [5.74, 6) is -0.928. The fraction of sp³-hybridized carbons (Fsp3) is 0.800. The molecule has 354 valence electrons. The van der Waals surface area contributed by atoms with Gasteiger partial charge in [-0.3, -0.25) is 14.4 Å². The summed E-state index contributed by atoms with van der Waals surface area (Å²) in [6, 6.07) is 0. The molecule has 0 aliphatic carbocycles. The zero-order valence-corrected chi connectivity index (χ0v) is 40.4. The number of esters is 3. The standard InChI is InChI=1S/C55H98O6/c1-4-7-10-13-16-19-22-25-26-27-28-29-31-33-36-39-42-45-48-54(57)60-51-52(50-59-53(56)47-44-41-38-35-32-24-21-18-15-12-9-6-3)61-55(58)49-46-43-40-37-34-30-23-20-17-14-11-8-5-2/h9,12,18,21,28-29,32,35,52H,4-8,10-11,13-17,19-20,22-27,30-31,33-34,36-51H2,1-3H3/b12-9-,21-18-,29-28-,35-32-. The quantitative estimate of drug-likeness (QED) is 0.0263. The molecule has 0 rings (SSSR count). The maximum Gasteiger partial charge on any atom is 0.306 e. The van der Waals surface area contributed by atoms with E-state index in [0.29, 0.717) is 19.3 Å². The number of rotatable bonds is 47. The second kappa shape index (κ2) is 50.0. The first-order valence-electron chi connectivity index (χ1n) is 26.1. The minimum atomic E-state index is -0.788. The molecule has 0 saturated carbocycles. The maximum atomic E-state index is 12.8. The van der Waals surface area contributed by atoms with Crippen LogP contribution in [0.4, 0.5) is 0 Å². The van der Waals surface area contributed by atoms with Gasteiger partial charge in [-0.15, -0.1) is 0 Å². The summed E-state index contributed by atoms with van der Waals surface area (Å²) in [4.78, 5) is 37.9. The molecule has 0 aromatic heterocycles. The highest BCUT2D eigenvalue weighted by atomic mass is 16.6. The molecule has 0 aliphatic heterocycles. The Balaban J connectivity index is 4.37. The SMILES string of the molecule is CC/C=C\C/C=C\C/C=C\CCCCC(=O)OCC(COC(=O)CCCCCCC/C=C\CCCCCCCCCCC)OC(=O)CCCCCCCCCCCCCCC. The Morgan fingerprint density at radius 3 is 1.05 bits per heavy atom. The monoisotopic (exact) mass is 855 g/mol. The third kappa shape index (κ3) is 48.3. The molecule has 6 heteroatoms. The second-order valence-corrected chi connectivity index (χ2v) is 17.4. The Morgan fingerprint density at radius 2 is 0.639 bits per heavy atom. The van der Waals surface area contributed by atoms with Gasteiger partial charge in [-0.25, -0.2) is 0 Å². The lowest BCUT2D eigenvalue weighted by molar-refractivity contribution is -0.167. The van der Waals surface area contributed by atoms with Gasteiger partial charge in [0, 0.05) is 19.3 Å². The first kappa shape index (κ1) is 58.4. The van der Waals surface area contributed by atoms with E-state index < -0.39 is 6.10 Å². The van der Waals surface area contributed by atoms with E-state index in [9.17, 15) is 14.4 Å². The van der Waals surface area contributed by atoms with Crippen LogP contribution in [-0.4, -0.2) is 37.2 Å². The molecule has 0 saturated heterocycles. The fourth-order valence-electron chi connectivity index (χ4n) is 7.39. The molecule has 1 unspecified atom stereocenters. The van der Waals surface area contributed by atoms with Crippen LogP contribution in [0.5, 0.6) is 0 Å². The summed E-state index contributed by atoms with van der Waals surface area (Å²) < 4.78 is 16.8. The first-order chi connectivity index (χ1) is 30.0. The lowest BCUT2D eigenvalue weighted by atomic mass is 10.0. The number of unbranched alkanes of at least 4 members (excludes halogenated alkanes) is 28. The van der Waals surface area contributed by atoms with Crippen molar-refractivity contribution in [3.63, 3.8) is 0 Å². The van der Waals surface area contributed by atoms with Gasteiger partial charge in [0.15, 0.2) is 6.10 Å². The Hall–Kier alpha value is -2.63. The van der Waals surface area contributed by atoms with E-state index in [1.54, 1.807) is 0 Å². The van der Waals surface area contributed by atoms with E-state index in [1.165, 1.54) is 141 Å². The number of ether oxygens (including phenoxy) is 3. The molecule has 0 bridgehead atoms. The van der Waals surface area contributed by atoms with Crippen LogP contribution in [0.15, 0.2) is 48.6 Å². The Kier molecular flexibility index (Phi) is 47.9. The molecule has 0 aromatic carbocycles. The van der Waals surface area contributed by atoms with Crippen molar-refractivity contribution in [2.45, 2.75) is 271 Å². The number of hydrogen-bond donors (Lipinski definition) is 0. The summed E-state index contributed by atoms with van der Waals surface area (Å²) in [5, 5.41) is 0. The molecule has 0 radical (unpaired) electrons. The normalized spacial score (nSPS) is 12.4. The van der Waals surface area contributed by atoms with Crippen LogP contribution in [-0.2, 0) is 28.6 Å². The van der Waals surface area contributed by atoms with E-state index in [-0.39, 0.29) is 31.1 Å². The van der Waals surface area contributed by atoms with E-state index in [4.69, 9.17) is 14.2 Å². The Morgan fingerprint density at radius 1 is 0.344 bits per heavy atom. The van der Waals surface area contributed by atoms with E-state index in [0.717, 1.165) is 83.5 Å². The lowest BCUT2D eigenvalue weighted by Gasteiger charge is -2.18. The van der Waals surface area contributed by atoms with Crippen molar-refractivity contribution in [1.29, 1.82) is 0 Å². The van der Waals surface area contributed by atoms with Crippen molar-refractivity contribution in [3.05, 3.63) is 48.6 Å². The van der Waals surface area contributed by atoms with Crippen molar-refractivity contribution in [1.82, 2.24) is 0 Å². The lowest BCUT2D eigenvalue weighted by Crippen LogP contribution is -2.30. The molecular formula is C55H98O6. The average molecular weight is 855 g/mol. The maximum absolute atomic E-state index is 12.8. The van der Waals surface area contributed by atoms with E-state index in [1.807, 2.05) is 0 Å². The van der Waals surface area contributed by atoms with Gasteiger partial charge in [0.25, 0.3) is 0 Å². The third-order valence-corrected chi connectivity index (χ3v) is 11.3. The summed E-state index contributed by atoms with van der Waals surface area (Å²) in [5.41, 5.74) is 0.